The number of morpholine rings is 1. The molecule has 2 heterocycles. The molecule has 0 spiro atoms. The van der Waals surface area contributed by atoms with Crippen molar-refractivity contribution in [1.82, 2.24) is 0 Å². The summed E-state index contributed by atoms with van der Waals surface area (Å²) in [5.41, 5.74) is 5.38. The predicted molar refractivity (Wildman–Crippen MR) is 70.3 cm³/mol. The Bertz CT molecular complexity index is 448. The van der Waals surface area contributed by atoms with E-state index in [1.54, 1.807) is 0 Å². The maximum Gasteiger partial charge on any atom is 0.0642 e. The molecule has 0 atom stereocenters. The van der Waals surface area contributed by atoms with Crippen LogP contribution in [0.3, 0.4) is 0 Å². The summed E-state index contributed by atoms with van der Waals surface area (Å²) in [5, 5.41) is 0. The number of hydrogen-bond acceptors (Lipinski definition) is 3. The molecule has 0 aliphatic carbocycles. The van der Waals surface area contributed by atoms with E-state index < -0.39 is 0 Å². The van der Waals surface area contributed by atoms with Crippen molar-refractivity contribution in [2.24, 2.45) is 4.99 Å². The summed E-state index contributed by atoms with van der Waals surface area (Å²) in [4.78, 5) is 6.98. The minimum absolute atomic E-state index is 0.844. The number of fused-ring (bicyclic) bond motifs is 1. The molecule has 0 amide bonds. The molecule has 3 rings (SSSR count). The molecule has 0 unspecified atom stereocenters. The molecule has 1 aromatic rings. The highest BCUT2D eigenvalue weighted by Crippen LogP contribution is 2.28. The second-order valence-electron chi connectivity index (χ2n) is 4.62. The standard InChI is InChI=1S/C14H18N2O/c1-11-12-3-2-4-14(13(12)5-6-15-11)16-7-9-17-10-8-16/h2-4H,5-10H2,1H3. The van der Waals surface area contributed by atoms with Crippen molar-refractivity contribution in [3.05, 3.63) is 29.3 Å². The van der Waals surface area contributed by atoms with Crippen molar-refractivity contribution in [3.63, 3.8) is 0 Å². The summed E-state index contributed by atoms with van der Waals surface area (Å²) in [7, 11) is 0. The molecule has 0 radical (unpaired) electrons. The Morgan fingerprint density at radius 2 is 2.06 bits per heavy atom. The van der Waals surface area contributed by atoms with Crippen LogP contribution in [-0.4, -0.2) is 38.6 Å². The quantitative estimate of drug-likeness (QED) is 0.736. The number of anilines is 1. The van der Waals surface area contributed by atoms with Crippen LogP contribution in [0.5, 0.6) is 0 Å². The summed E-state index contributed by atoms with van der Waals surface area (Å²) < 4.78 is 5.42. The van der Waals surface area contributed by atoms with Crippen LogP contribution < -0.4 is 4.90 Å². The first-order valence-electron chi connectivity index (χ1n) is 6.32. The van der Waals surface area contributed by atoms with Gasteiger partial charge in [-0.25, -0.2) is 0 Å². The number of ether oxygens (including phenoxy) is 1. The van der Waals surface area contributed by atoms with E-state index in [0.717, 1.165) is 39.3 Å². The fourth-order valence-corrected chi connectivity index (χ4v) is 2.70. The summed E-state index contributed by atoms with van der Waals surface area (Å²) in [5.74, 6) is 0. The topological polar surface area (TPSA) is 24.8 Å². The lowest BCUT2D eigenvalue weighted by Gasteiger charge is -2.32. The highest BCUT2D eigenvalue weighted by atomic mass is 16.5. The van der Waals surface area contributed by atoms with Crippen molar-refractivity contribution < 1.29 is 4.74 Å². The van der Waals surface area contributed by atoms with Gasteiger partial charge in [0.15, 0.2) is 0 Å². The zero-order valence-electron chi connectivity index (χ0n) is 10.3. The van der Waals surface area contributed by atoms with Gasteiger partial charge in [0.05, 0.1) is 13.2 Å². The van der Waals surface area contributed by atoms with E-state index in [1.807, 2.05) is 0 Å². The van der Waals surface area contributed by atoms with E-state index in [0.29, 0.717) is 0 Å². The number of rotatable bonds is 1. The van der Waals surface area contributed by atoms with Gasteiger partial charge in [0, 0.05) is 36.6 Å². The predicted octanol–water partition coefficient (Wildman–Crippen LogP) is 1.89. The maximum absolute atomic E-state index is 5.42. The molecule has 0 N–H and O–H groups in total. The molecule has 0 aromatic heterocycles. The van der Waals surface area contributed by atoms with E-state index >= 15 is 0 Å². The van der Waals surface area contributed by atoms with Gasteiger partial charge in [-0.15, -0.1) is 0 Å². The first kappa shape index (κ1) is 10.8. The van der Waals surface area contributed by atoms with Crippen LogP contribution in [-0.2, 0) is 11.2 Å². The van der Waals surface area contributed by atoms with Gasteiger partial charge < -0.3 is 9.64 Å². The zero-order valence-corrected chi connectivity index (χ0v) is 10.3. The first-order chi connectivity index (χ1) is 8.36. The first-order valence-corrected chi connectivity index (χ1v) is 6.32. The van der Waals surface area contributed by atoms with Crippen molar-refractivity contribution in [3.8, 4) is 0 Å². The third kappa shape index (κ3) is 1.95. The Morgan fingerprint density at radius 3 is 2.88 bits per heavy atom. The lowest BCUT2D eigenvalue weighted by molar-refractivity contribution is 0.122. The fourth-order valence-electron chi connectivity index (χ4n) is 2.70. The van der Waals surface area contributed by atoms with Crippen molar-refractivity contribution in [2.45, 2.75) is 13.3 Å². The van der Waals surface area contributed by atoms with Crippen LogP contribution in [0, 0.1) is 0 Å². The van der Waals surface area contributed by atoms with Gasteiger partial charge in [0.1, 0.15) is 0 Å². The largest absolute Gasteiger partial charge is 0.378 e. The Kier molecular flexibility index (Phi) is 2.85. The second kappa shape index (κ2) is 4.49. The van der Waals surface area contributed by atoms with E-state index in [9.17, 15) is 0 Å². The molecule has 1 saturated heterocycles. The summed E-state index contributed by atoms with van der Waals surface area (Å²) in [6.07, 6.45) is 1.07. The van der Waals surface area contributed by atoms with Crippen LogP contribution in [0.25, 0.3) is 0 Å². The second-order valence-corrected chi connectivity index (χ2v) is 4.62. The van der Waals surface area contributed by atoms with Gasteiger partial charge in [0.25, 0.3) is 0 Å². The fraction of sp³-hybridized carbons (Fsp3) is 0.500. The molecule has 3 nitrogen and oxygen atoms in total. The average molecular weight is 230 g/mol. The van der Waals surface area contributed by atoms with Crippen LogP contribution >= 0.6 is 0 Å². The van der Waals surface area contributed by atoms with E-state index in [-0.39, 0.29) is 0 Å². The van der Waals surface area contributed by atoms with Gasteiger partial charge in [-0.05, 0) is 25.0 Å². The van der Waals surface area contributed by atoms with E-state index in [2.05, 4.69) is 35.0 Å². The van der Waals surface area contributed by atoms with Crippen LogP contribution in [0.15, 0.2) is 23.2 Å². The zero-order chi connectivity index (χ0) is 11.7. The molecule has 90 valence electrons. The number of benzene rings is 1. The Balaban J connectivity index is 2.00. The lowest BCUT2D eigenvalue weighted by atomic mass is 9.96. The minimum Gasteiger partial charge on any atom is -0.378 e. The molecule has 0 bridgehead atoms. The molecule has 1 fully saturated rings. The number of aliphatic imine (C=N–C) groups is 1. The molecule has 2 aliphatic heterocycles. The lowest BCUT2D eigenvalue weighted by Crippen LogP contribution is -2.37. The van der Waals surface area contributed by atoms with Crippen molar-refractivity contribution in [1.29, 1.82) is 0 Å². The van der Waals surface area contributed by atoms with Gasteiger partial charge in [-0.2, -0.15) is 0 Å². The Hall–Kier alpha value is -1.35. The van der Waals surface area contributed by atoms with Gasteiger partial charge in [-0.3, -0.25) is 4.99 Å². The third-order valence-electron chi connectivity index (χ3n) is 3.60. The minimum atomic E-state index is 0.844. The molecular formula is C14H18N2O. The molecule has 1 aromatic carbocycles. The summed E-state index contributed by atoms with van der Waals surface area (Å²) in [6, 6.07) is 6.58. The van der Waals surface area contributed by atoms with Gasteiger partial charge >= 0.3 is 0 Å². The van der Waals surface area contributed by atoms with Gasteiger partial charge in [-0.1, -0.05) is 12.1 Å². The SMILES string of the molecule is CC1=NCCc2c1cccc2N1CCOCC1. The van der Waals surface area contributed by atoms with E-state index in [4.69, 9.17) is 4.74 Å². The average Bonchev–Trinajstić information content (AvgIpc) is 2.40. The Morgan fingerprint density at radius 1 is 1.24 bits per heavy atom. The van der Waals surface area contributed by atoms with E-state index in [1.165, 1.54) is 22.5 Å². The van der Waals surface area contributed by atoms with Crippen LogP contribution in [0.4, 0.5) is 5.69 Å². The smallest absolute Gasteiger partial charge is 0.0642 e. The molecule has 3 heteroatoms. The summed E-state index contributed by atoms with van der Waals surface area (Å²) >= 11 is 0. The van der Waals surface area contributed by atoms with Crippen LogP contribution in [0.1, 0.15) is 18.1 Å². The monoisotopic (exact) mass is 230 g/mol. The highest BCUT2D eigenvalue weighted by Gasteiger charge is 2.19. The van der Waals surface area contributed by atoms with Gasteiger partial charge in [0.2, 0.25) is 0 Å². The van der Waals surface area contributed by atoms with Crippen LogP contribution in [0.2, 0.25) is 0 Å². The highest BCUT2D eigenvalue weighted by molar-refractivity contribution is 6.02. The number of nitrogens with zero attached hydrogens (tertiary/aromatic N) is 2. The third-order valence-corrected chi connectivity index (χ3v) is 3.60. The molecule has 2 aliphatic rings. The molecular weight excluding hydrogens is 212 g/mol. The van der Waals surface area contributed by atoms with Crippen molar-refractivity contribution in [2.75, 3.05) is 37.7 Å². The number of hydrogen-bond donors (Lipinski definition) is 0. The van der Waals surface area contributed by atoms with Crippen molar-refractivity contribution >= 4 is 11.4 Å². The molecule has 0 saturated carbocycles. The molecule has 17 heavy (non-hydrogen) atoms. The Labute approximate surface area is 102 Å². The normalized spacial score (nSPS) is 19.8. The maximum atomic E-state index is 5.42. The summed E-state index contributed by atoms with van der Waals surface area (Å²) in [6.45, 7) is 6.74.